The summed E-state index contributed by atoms with van der Waals surface area (Å²) in [7, 11) is 0. The number of aromatic nitrogens is 2. The minimum Gasteiger partial charge on any atom is -0.474 e. The van der Waals surface area contributed by atoms with Crippen LogP contribution in [-0.4, -0.2) is 47.4 Å². The van der Waals surface area contributed by atoms with Crippen molar-refractivity contribution in [3.63, 3.8) is 0 Å². The van der Waals surface area contributed by atoms with Gasteiger partial charge in [0.15, 0.2) is 5.82 Å². The Hall–Kier alpha value is -3.66. The van der Waals surface area contributed by atoms with E-state index in [1.807, 2.05) is 6.92 Å². The molecule has 188 valence electrons. The molecule has 3 aliphatic rings. The largest absolute Gasteiger partial charge is 0.474 e. The van der Waals surface area contributed by atoms with E-state index in [1.54, 1.807) is 18.3 Å². The summed E-state index contributed by atoms with van der Waals surface area (Å²) in [4.78, 5) is 21.2. The van der Waals surface area contributed by atoms with Gasteiger partial charge in [0.2, 0.25) is 5.88 Å². The van der Waals surface area contributed by atoms with Gasteiger partial charge in [-0.15, -0.1) is 0 Å². The van der Waals surface area contributed by atoms with E-state index in [1.165, 1.54) is 19.0 Å². The van der Waals surface area contributed by atoms with Crippen molar-refractivity contribution in [2.45, 2.75) is 50.7 Å². The molecule has 3 aromatic rings. The molecule has 1 amide bonds. The van der Waals surface area contributed by atoms with E-state index in [-0.39, 0.29) is 17.3 Å². The smallest absolute Gasteiger partial charge is 0.413 e. The Morgan fingerprint density at radius 2 is 2.08 bits per heavy atom. The summed E-state index contributed by atoms with van der Waals surface area (Å²) in [6, 6.07) is 3.37. The van der Waals surface area contributed by atoms with Crippen molar-refractivity contribution in [1.29, 1.82) is 0 Å². The monoisotopic (exact) mass is 492 g/mol. The van der Waals surface area contributed by atoms with Gasteiger partial charge in [0.1, 0.15) is 24.2 Å². The zero-order valence-corrected chi connectivity index (χ0v) is 20.1. The molecular formula is C26H29FN6O3. The van der Waals surface area contributed by atoms with Crippen molar-refractivity contribution >= 4 is 34.1 Å². The molecule has 0 bridgehead atoms. The zero-order valence-electron chi connectivity index (χ0n) is 20.1. The molecule has 2 aromatic heterocycles. The van der Waals surface area contributed by atoms with Crippen molar-refractivity contribution < 1.29 is 18.7 Å². The third kappa shape index (κ3) is 3.95. The first-order chi connectivity index (χ1) is 17.4. The standard InChI is InChI=1S/C26H29FN6O3/c1-14-18(12-31-24-23(14)29-6-7-35-24)17-8-15-9-20(30-13-19(15)22(28)21(17)27)33-25(34)36-16-10-26(32-11-16)4-2-3-5-26/h8-9,12-13,16,29,32H,2-7,10-11,28H2,1H3,(H,30,33,34). The maximum Gasteiger partial charge on any atom is 0.413 e. The van der Waals surface area contributed by atoms with E-state index in [4.69, 9.17) is 15.2 Å². The first-order valence-corrected chi connectivity index (χ1v) is 12.4. The van der Waals surface area contributed by atoms with E-state index in [9.17, 15) is 4.79 Å². The van der Waals surface area contributed by atoms with Gasteiger partial charge >= 0.3 is 6.09 Å². The van der Waals surface area contributed by atoms with E-state index in [0.29, 0.717) is 53.3 Å². The number of carbonyl (C=O) groups excluding carboxylic acids is 1. The SMILES string of the molecule is Cc1c(-c2cc3cc(NC(=O)OC4CNC5(CCCC5)C4)ncc3c(N)c2F)cnc2c1NCCO2. The third-order valence-corrected chi connectivity index (χ3v) is 7.62. The molecule has 1 aromatic carbocycles. The fourth-order valence-electron chi connectivity index (χ4n) is 5.77. The van der Waals surface area contributed by atoms with Crippen LogP contribution in [-0.2, 0) is 4.74 Å². The molecule has 5 N–H and O–H groups in total. The highest BCUT2D eigenvalue weighted by Crippen LogP contribution is 2.40. The number of anilines is 3. The van der Waals surface area contributed by atoms with Gasteiger partial charge in [-0.05, 0) is 42.8 Å². The van der Waals surface area contributed by atoms with Crippen LogP contribution in [0.1, 0.15) is 37.7 Å². The Balaban J connectivity index is 1.26. The van der Waals surface area contributed by atoms with Gasteiger partial charge in [0.05, 0.1) is 5.69 Å². The minimum absolute atomic E-state index is 0.00986. The van der Waals surface area contributed by atoms with Crippen LogP contribution >= 0.6 is 0 Å². The predicted octanol–water partition coefficient (Wildman–Crippen LogP) is 4.35. The molecule has 1 saturated heterocycles. The normalized spacial score (nSPS) is 20.1. The number of pyridine rings is 2. The lowest BCUT2D eigenvalue weighted by molar-refractivity contribution is 0.116. The molecule has 10 heteroatoms. The summed E-state index contributed by atoms with van der Waals surface area (Å²) in [6.07, 6.45) is 7.84. The van der Waals surface area contributed by atoms with Crippen LogP contribution in [0.4, 0.5) is 26.4 Å². The average molecular weight is 493 g/mol. The second-order valence-electron chi connectivity index (χ2n) is 9.92. The minimum atomic E-state index is -0.556. The fraction of sp³-hybridized carbons (Fsp3) is 0.423. The third-order valence-electron chi connectivity index (χ3n) is 7.62. The Labute approximate surface area is 208 Å². The van der Waals surface area contributed by atoms with Crippen LogP contribution in [0.2, 0.25) is 0 Å². The first kappa shape index (κ1) is 22.8. The fourth-order valence-corrected chi connectivity index (χ4v) is 5.77. The van der Waals surface area contributed by atoms with Crippen LogP contribution < -0.4 is 26.4 Å². The Kier molecular flexibility index (Phi) is 5.55. The molecule has 9 nitrogen and oxygen atoms in total. The molecule has 2 aliphatic heterocycles. The molecule has 2 fully saturated rings. The number of hydrogen-bond donors (Lipinski definition) is 4. The van der Waals surface area contributed by atoms with Crippen molar-refractivity contribution in [2.75, 3.05) is 36.1 Å². The number of rotatable bonds is 3. The van der Waals surface area contributed by atoms with E-state index < -0.39 is 11.9 Å². The molecule has 1 spiro atoms. The number of fused-ring (bicyclic) bond motifs is 2. The molecule has 1 saturated carbocycles. The lowest BCUT2D eigenvalue weighted by Gasteiger charge is -2.22. The van der Waals surface area contributed by atoms with Crippen molar-refractivity contribution in [3.05, 3.63) is 35.9 Å². The number of nitrogens with two attached hydrogens (primary N) is 1. The first-order valence-electron chi connectivity index (χ1n) is 12.4. The van der Waals surface area contributed by atoms with Gasteiger partial charge in [0.25, 0.3) is 0 Å². The summed E-state index contributed by atoms with van der Waals surface area (Å²) in [5, 5.41) is 10.6. The van der Waals surface area contributed by atoms with E-state index >= 15 is 4.39 Å². The number of amides is 1. The Bertz CT molecular complexity index is 1360. The van der Waals surface area contributed by atoms with Crippen LogP contribution in [0, 0.1) is 12.7 Å². The van der Waals surface area contributed by atoms with Gasteiger partial charge in [-0.1, -0.05) is 12.8 Å². The summed E-state index contributed by atoms with van der Waals surface area (Å²) in [6.45, 7) is 3.72. The molecule has 1 atom stereocenters. The predicted molar refractivity (Wildman–Crippen MR) is 136 cm³/mol. The Morgan fingerprint density at radius 3 is 2.92 bits per heavy atom. The molecular weight excluding hydrogens is 463 g/mol. The highest BCUT2D eigenvalue weighted by molar-refractivity contribution is 5.99. The summed E-state index contributed by atoms with van der Waals surface area (Å²) in [5.41, 5.74) is 8.77. The highest BCUT2D eigenvalue weighted by Gasteiger charge is 2.42. The topological polar surface area (TPSA) is 123 Å². The summed E-state index contributed by atoms with van der Waals surface area (Å²) >= 11 is 0. The number of ether oxygens (including phenoxy) is 2. The Morgan fingerprint density at radius 1 is 1.25 bits per heavy atom. The number of carbonyl (C=O) groups is 1. The maximum absolute atomic E-state index is 15.4. The second-order valence-corrected chi connectivity index (χ2v) is 9.92. The van der Waals surface area contributed by atoms with Crippen molar-refractivity contribution in [3.8, 4) is 17.0 Å². The number of benzene rings is 1. The number of nitrogens with one attached hydrogen (secondary N) is 3. The average Bonchev–Trinajstić information content (AvgIpc) is 3.50. The number of nitrogens with zero attached hydrogens (tertiary/aromatic N) is 2. The van der Waals surface area contributed by atoms with Crippen molar-refractivity contribution in [2.24, 2.45) is 0 Å². The van der Waals surface area contributed by atoms with Crippen LogP contribution in [0.5, 0.6) is 5.88 Å². The molecule has 1 aliphatic carbocycles. The summed E-state index contributed by atoms with van der Waals surface area (Å²) < 4.78 is 26.6. The van der Waals surface area contributed by atoms with Crippen LogP contribution in [0.3, 0.4) is 0 Å². The number of nitrogen functional groups attached to an aromatic ring is 1. The van der Waals surface area contributed by atoms with Gasteiger partial charge in [-0.3, -0.25) is 5.32 Å². The number of halogens is 1. The van der Waals surface area contributed by atoms with Gasteiger partial charge < -0.3 is 25.8 Å². The second kappa shape index (κ2) is 8.77. The van der Waals surface area contributed by atoms with Gasteiger partial charge in [-0.2, -0.15) is 0 Å². The molecule has 6 rings (SSSR count). The van der Waals surface area contributed by atoms with Gasteiger partial charge in [0, 0.05) is 54.0 Å². The lowest BCUT2D eigenvalue weighted by atomic mass is 9.95. The van der Waals surface area contributed by atoms with Crippen LogP contribution in [0.25, 0.3) is 21.9 Å². The highest BCUT2D eigenvalue weighted by atomic mass is 19.1. The van der Waals surface area contributed by atoms with Gasteiger partial charge in [-0.25, -0.2) is 19.2 Å². The quantitative estimate of drug-likeness (QED) is 0.398. The molecule has 0 radical (unpaired) electrons. The van der Waals surface area contributed by atoms with Crippen molar-refractivity contribution in [1.82, 2.24) is 15.3 Å². The van der Waals surface area contributed by atoms with Crippen LogP contribution in [0.15, 0.2) is 24.5 Å². The zero-order chi connectivity index (χ0) is 24.9. The maximum atomic E-state index is 15.4. The molecule has 36 heavy (non-hydrogen) atoms. The van der Waals surface area contributed by atoms with E-state index in [2.05, 4.69) is 25.9 Å². The lowest BCUT2D eigenvalue weighted by Crippen LogP contribution is -2.35. The van der Waals surface area contributed by atoms with E-state index in [0.717, 1.165) is 30.5 Å². The number of hydrogen-bond acceptors (Lipinski definition) is 8. The molecule has 4 heterocycles. The molecule has 1 unspecified atom stereocenters. The summed E-state index contributed by atoms with van der Waals surface area (Å²) in [5.74, 6) is 0.268.